The van der Waals surface area contributed by atoms with Gasteiger partial charge >= 0.3 is 0 Å². The van der Waals surface area contributed by atoms with Crippen LogP contribution in [0.25, 0.3) is 0 Å². The molecule has 0 amide bonds. The molecule has 2 heteroatoms. The Kier molecular flexibility index (Phi) is 4.06. The van der Waals surface area contributed by atoms with Gasteiger partial charge in [0.15, 0.2) is 0 Å². The number of rotatable bonds is 3. The fourth-order valence-corrected chi connectivity index (χ4v) is 1.90. The minimum atomic E-state index is 0.138. The van der Waals surface area contributed by atoms with Gasteiger partial charge in [0.25, 0.3) is 0 Å². The largest absolute Gasteiger partial charge is 0.345 e. The number of hydrogen-bond donors (Lipinski definition) is 1. The molecule has 0 bridgehead atoms. The average molecular weight is 236 g/mol. The number of nitrogens with zero attached hydrogens (tertiary/aromatic N) is 1. The van der Waals surface area contributed by atoms with Crippen LogP contribution in [0.1, 0.15) is 84.4 Å². The van der Waals surface area contributed by atoms with Crippen molar-refractivity contribution in [2.45, 2.75) is 72.6 Å². The molecule has 1 atom stereocenters. The summed E-state index contributed by atoms with van der Waals surface area (Å²) in [6.45, 7) is 17.9. The molecule has 0 spiro atoms. The van der Waals surface area contributed by atoms with Gasteiger partial charge < -0.3 is 4.98 Å². The summed E-state index contributed by atoms with van der Waals surface area (Å²) in [7, 11) is 0. The second-order valence-corrected chi connectivity index (χ2v) is 6.82. The van der Waals surface area contributed by atoms with Crippen LogP contribution >= 0.6 is 0 Å². The molecular formula is C15H28N2. The Morgan fingerprint density at radius 3 is 1.88 bits per heavy atom. The first-order valence-electron chi connectivity index (χ1n) is 6.74. The average Bonchev–Trinajstić information content (AvgIpc) is 2.59. The number of H-pyrrole nitrogens is 1. The van der Waals surface area contributed by atoms with Crippen molar-refractivity contribution in [2.75, 3.05) is 0 Å². The Labute approximate surface area is 106 Å². The number of imidazole rings is 1. The zero-order chi connectivity index (χ0) is 13.4. The first-order valence-corrected chi connectivity index (χ1v) is 6.74. The van der Waals surface area contributed by atoms with E-state index >= 15 is 0 Å². The molecule has 0 aromatic carbocycles. The Morgan fingerprint density at radius 1 is 1.00 bits per heavy atom. The molecule has 1 heterocycles. The number of nitrogens with one attached hydrogen (secondary N) is 1. The predicted octanol–water partition coefficient (Wildman–Crippen LogP) is 4.59. The van der Waals surface area contributed by atoms with E-state index in [9.17, 15) is 0 Å². The van der Waals surface area contributed by atoms with Gasteiger partial charge in [0.05, 0.1) is 5.69 Å². The molecule has 0 radical (unpaired) electrons. The standard InChI is InChI=1S/C15H28N2/c1-9(2)11(5)12-13(15(6,7)8)17-14(16-12)10(3)4/h9-11H,1-8H3,(H,16,17). The van der Waals surface area contributed by atoms with Crippen molar-refractivity contribution in [3.63, 3.8) is 0 Å². The van der Waals surface area contributed by atoms with Crippen molar-refractivity contribution < 1.29 is 0 Å². The van der Waals surface area contributed by atoms with Crippen molar-refractivity contribution in [1.29, 1.82) is 0 Å². The van der Waals surface area contributed by atoms with E-state index in [1.54, 1.807) is 0 Å². The monoisotopic (exact) mass is 236 g/mol. The van der Waals surface area contributed by atoms with Gasteiger partial charge in [0.2, 0.25) is 0 Å². The molecule has 0 fully saturated rings. The van der Waals surface area contributed by atoms with E-state index in [1.165, 1.54) is 11.4 Å². The highest BCUT2D eigenvalue weighted by molar-refractivity contribution is 5.26. The van der Waals surface area contributed by atoms with Gasteiger partial charge in [-0.05, 0) is 5.92 Å². The molecule has 1 aromatic rings. The summed E-state index contributed by atoms with van der Waals surface area (Å²) in [6.07, 6.45) is 0. The van der Waals surface area contributed by atoms with Crippen LogP contribution in [0.2, 0.25) is 0 Å². The maximum atomic E-state index is 4.84. The lowest BCUT2D eigenvalue weighted by molar-refractivity contribution is 0.496. The van der Waals surface area contributed by atoms with Crippen LogP contribution in [0.4, 0.5) is 0 Å². The first kappa shape index (κ1) is 14.3. The van der Waals surface area contributed by atoms with Gasteiger partial charge in [-0.3, -0.25) is 0 Å². The highest BCUT2D eigenvalue weighted by Crippen LogP contribution is 2.33. The molecule has 98 valence electrons. The number of hydrogen-bond acceptors (Lipinski definition) is 1. The van der Waals surface area contributed by atoms with E-state index in [1.807, 2.05) is 0 Å². The van der Waals surface area contributed by atoms with Crippen LogP contribution in [0.15, 0.2) is 0 Å². The van der Waals surface area contributed by atoms with Crippen molar-refractivity contribution >= 4 is 0 Å². The van der Waals surface area contributed by atoms with Crippen molar-refractivity contribution in [3.8, 4) is 0 Å². The van der Waals surface area contributed by atoms with Gasteiger partial charge in [-0.2, -0.15) is 0 Å². The Balaban J connectivity index is 3.27. The van der Waals surface area contributed by atoms with Gasteiger partial charge in [-0.25, -0.2) is 4.98 Å². The lowest BCUT2D eigenvalue weighted by Crippen LogP contribution is -2.17. The third-order valence-electron chi connectivity index (χ3n) is 3.48. The van der Waals surface area contributed by atoms with Gasteiger partial charge in [-0.15, -0.1) is 0 Å². The second kappa shape index (κ2) is 4.83. The minimum Gasteiger partial charge on any atom is -0.345 e. The predicted molar refractivity (Wildman–Crippen MR) is 74.6 cm³/mol. The van der Waals surface area contributed by atoms with Crippen LogP contribution in [0.5, 0.6) is 0 Å². The molecule has 1 N–H and O–H groups in total. The third kappa shape index (κ3) is 3.11. The topological polar surface area (TPSA) is 28.7 Å². The summed E-state index contributed by atoms with van der Waals surface area (Å²) in [5.74, 6) is 2.72. The SMILES string of the molecule is CC(C)c1nc(C(C)C(C)C)c(C(C)(C)C)[nH]1. The van der Waals surface area contributed by atoms with Crippen molar-refractivity contribution in [3.05, 3.63) is 17.2 Å². The fourth-order valence-electron chi connectivity index (χ4n) is 1.90. The fraction of sp³-hybridized carbons (Fsp3) is 0.800. The van der Waals surface area contributed by atoms with E-state index in [0.717, 1.165) is 5.82 Å². The van der Waals surface area contributed by atoms with Crippen LogP contribution < -0.4 is 0 Å². The Hall–Kier alpha value is -0.790. The lowest BCUT2D eigenvalue weighted by Gasteiger charge is -2.22. The quantitative estimate of drug-likeness (QED) is 0.817. The van der Waals surface area contributed by atoms with E-state index in [2.05, 4.69) is 60.4 Å². The summed E-state index contributed by atoms with van der Waals surface area (Å²) in [5, 5.41) is 0. The third-order valence-corrected chi connectivity index (χ3v) is 3.48. The van der Waals surface area contributed by atoms with E-state index in [0.29, 0.717) is 17.8 Å². The lowest BCUT2D eigenvalue weighted by atomic mass is 9.84. The molecule has 0 aliphatic heterocycles. The maximum absolute atomic E-state index is 4.84. The molecule has 0 saturated heterocycles. The summed E-state index contributed by atoms with van der Waals surface area (Å²) in [6, 6.07) is 0. The Morgan fingerprint density at radius 2 is 1.53 bits per heavy atom. The van der Waals surface area contributed by atoms with Gasteiger partial charge in [0, 0.05) is 22.9 Å². The highest BCUT2D eigenvalue weighted by Gasteiger charge is 2.27. The smallest absolute Gasteiger partial charge is 0.109 e. The molecule has 2 nitrogen and oxygen atoms in total. The normalized spacial score (nSPS) is 14.7. The molecule has 17 heavy (non-hydrogen) atoms. The van der Waals surface area contributed by atoms with Gasteiger partial charge in [0.1, 0.15) is 5.82 Å². The molecule has 1 rings (SSSR count). The number of aromatic amines is 1. The maximum Gasteiger partial charge on any atom is 0.109 e. The van der Waals surface area contributed by atoms with Crippen molar-refractivity contribution in [2.24, 2.45) is 5.92 Å². The van der Waals surface area contributed by atoms with E-state index in [-0.39, 0.29) is 5.41 Å². The van der Waals surface area contributed by atoms with Crippen LogP contribution in [-0.4, -0.2) is 9.97 Å². The van der Waals surface area contributed by atoms with E-state index < -0.39 is 0 Å². The van der Waals surface area contributed by atoms with E-state index in [4.69, 9.17) is 4.98 Å². The summed E-state index contributed by atoms with van der Waals surface area (Å²) in [4.78, 5) is 8.39. The molecule has 0 aliphatic carbocycles. The van der Waals surface area contributed by atoms with Crippen molar-refractivity contribution in [1.82, 2.24) is 9.97 Å². The van der Waals surface area contributed by atoms with Crippen LogP contribution in [0, 0.1) is 5.92 Å². The van der Waals surface area contributed by atoms with Gasteiger partial charge in [-0.1, -0.05) is 55.4 Å². The summed E-state index contributed by atoms with van der Waals surface area (Å²) in [5.41, 5.74) is 2.71. The molecule has 0 saturated carbocycles. The van der Waals surface area contributed by atoms with Crippen LogP contribution in [0.3, 0.4) is 0 Å². The number of aromatic nitrogens is 2. The molecule has 1 aromatic heterocycles. The highest BCUT2D eigenvalue weighted by atomic mass is 15.0. The first-order chi connectivity index (χ1) is 7.64. The zero-order valence-electron chi connectivity index (χ0n) is 12.7. The minimum absolute atomic E-state index is 0.138. The summed E-state index contributed by atoms with van der Waals surface area (Å²) < 4.78 is 0. The molecule has 1 unspecified atom stereocenters. The molecule has 0 aliphatic rings. The molecular weight excluding hydrogens is 208 g/mol. The Bertz CT molecular complexity index is 367. The summed E-state index contributed by atoms with van der Waals surface area (Å²) >= 11 is 0. The second-order valence-electron chi connectivity index (χ2n) is 6.82. The van der Waals surface area contributed by atoms with Crippen LogP contribution in [-0.2, 0) is 5.41 Å². The zero-order valence-corrected chi connectivity index (χ0v) is 12.7.